The lowest BCUT2D eigenvalue weighted by Crippen LogP contribution is -2.39. The van der Waals surface area contributed by atoms with Gasteiger partial charge in [0, 0.05) is 44.5 Å². The Bertz CT molecular complexity index is 659. The first-order valence-corrected chi connectivity index (χ1v) is 8.69. The molecular weight excluding hydrogens is 300 g/mol. The number of amides is 1. The summed E-state index contributed by atoms with van der Waals surface area (Å²) < 4.78 is 0. The summed E-state index contributed by atoms with van der Waals surface area (Å²) in [6.07, 6.45) is 4.56. The number of likely N-dealkylation sites (tertiary alicyclic amines) is 1. The normalized spacial score (nSPS) is 15.5. The minimum Gasteiger partial charge on any atom is -0.374 e. The van der Waals surface area contributed by atoms with Gasteiger partial charge in [0.05, 0.1) is 6.20 Å². The number of carbonyl (C=O) groups is 1. The summed E-state index contributed by atoms with van der Waals surface area (Å²) >= 11 is 0. The van der Waals surface area contributed by atoms with Crippen molar-refractivity contribution in [1.82, 2.24) is 15.1 Å². The lowest BCUT2D eigenvalue weighted by Gasteiger charge is -2.32. The lowest BCUT2D eigenvalue weighted by molar-refractivity contribution is -0.132. The first-order valence-electron chi connectivity index (χ1n) is 8.69. The first kappa shape index (κ1) is 16.6. The summed E-state index contributed by atoms with van der Waals surface area (Å²) in [6, 6.07) is 10.2. The highest BCUT2D eigenvalue weighted by atomic mass is 16.2. The molecule has 0 atom stereocenters. The van der Waals surface area contributed by atoms with Crippen LogP contribution in [-0.2, 0) is 4.79 Å². The van der Waals surface area contributed by atoms with Gasteiger partial charge < -0.3 is 9.80 Å². The molecule has 1 aliphatic heterocycles. The summed E-state index contributed by atoms with van der Waals surface area (Å²) in [7, 11) is 2.04. The Hall–Kier alpha value is -2.30. The number of nitrogens with one attached hydrogen (secondary N) is 1. The number of rotatable bonds is 5. The van der Waals surface area contributed by atoms with Crippen molar-refractivity contribution < 1.29 is 4.79 Å². The molecule has 3 rings (SSSR count). The SMILES string of the molecule is Cc1[nH]ncc1C1CCN(C(=O)CCN(C)c2ccccc2)CC1. The minimum atomic E-state index is 0.264. The van der Waals surface area contributed by atoms with Gasteiger partial charge in [-0.1, -0.05) is 18.2 Å². The molecule has 0 radical (unpaired) electrons. The molecule has 1 saturated heterocycles. The quantitative estimate of drug-likeness (QED) is 0.919. The molecule has 1 aromatic heterocycles. The third-order valence-corrected chi connectivity index (χ3v) is 5.01. The Morgan fingerprint density at radius 3 is 2.62 bits per heavy atom. The van der Waals surface area contributed by atoms with E-state index in [1.54, 1.807) is 0 Å². The number of hydrogen-bond acceptors (Lipinski definition) is 3. The third-order valence-electron chi connectivity index (χ3n) is 5.01. The largest absolute Gasteiger partial charge is 0.374 e. The molecular formula is C19H26N4O. The topological polar surface area (TPSA) is 52.2 Å². The second-order valence-electron chi connectivity index (χ2n) is 6.61. The average molecular weight is 326 g/mol. The van der Waals surface area contributed by atoms with Gasteiger partial charge >= 0.3 is 0 Å². The lowest BCUT2D eigenvalue weighted by atomic mass is 9.90. The molecule has 2 heterocycles. The maximum absolute atomic E-state index is 12.5. The van der Waals surface area contributed by atoms with E-state index in [1.807, 2.05) is 36.3 Å². The van der Waals surface area contributed by atoms with Crippen molar-refractivity contribution in [3.8, 4) is 0 Å². The molecule has 0 unspecified atom stereocenters. The number of carbonyl (C=O) groups excluding carboxylic acids is 1. The second-order valence-corrected chi connectivity index (χ2v) is 6.61. The molecule has 0 bridgehead atoms. The van der Waals surface area contributed by atoms with Gasteiger partial charge in [-0.2, -0.15) is 5.10 Å². The fraction of sp³-hybridized carbons (Fsp3) is 0.474. The zero-order valence-electron chi connectivity index (χ0n) is 14.5. The van der Waals surface area contributed by atoms with Crippen LogP contribution >= 0.6 is 0 Å². The molecule has 1 N–H and O–H groups in total. The number of aromatic amines is 1. The Kier molecular flexibility index (Phi) is 5.18. The highest BCUT2D eigenvalue weighted by molar-refractivity contribution is 5.77. The summed E-state index contributed by atoms with van der Waals surface area (Å²) in [5, 5.41) is 7.13. The molecule has 2 aromatic rings. The monoisotopic (exact) mass is 326 g/mol. The second kappa shape index (κ2) is 7.51. The van der Waals surface area contributed by atoms with E-state index in [4.69, 9.17) is 0 Å². The van der Waals surface area contributed by atoms with Crippen LogP contribution in [-0.4, -0.2) is 47.7 Å². The summed E-state index contributed by atoms with van der Waals surface area (Å²) in [5.74, 6) is 0.792. The fourth-order valence-corrected chi connectivity index (χ4v) is 3.44. The van der Waals surface area contributed by atoms with Crippen LogP contribution in [0.3, 0.4) is 0 Å². The number of benzene rings is 1. The van der Waals surface area contributed by atoms with Gasteiger partial charge in [0.1, 0.15) is 0 Å². The molecule has 128 valence electrons. The van der Waals surface area contributed by atoms with Crippen LogP contribution < -0.4 is 4.90 Å². The highest BCUT2D eigenvalue weighted by Crippen LogP contribution is 2.29. The molecule has 1 fully saturated rings. The number of aryl methyl sites for hydroxylation is 1. The third kappa shape index (κ3) is 3.78. The van der Waals surface area contributed by atoms with Crippen LogP contribution in [0.15, 0.2) is 36.5 Å². The smallest absolute Gasteiger partial charge is 0.224 e. The molecule has 5 heteroatoms. The molecule has 0 aliphatic carbocycles. The maximum Gasteiger partial charge on any atom is 0.224 e. The number of hydrogen-bond donors (Lipinski definition) is 1. The highest BCUT2D eigenvalue weighted by Gasteiger charge is 2.25. The summed E-state index contributed by atoms with van der Waals surface area (Å²) in [4.78, 5) is 16.6. The number of para-hydroxylation sites is 1. The molecule has 1 aliphatic rings. The van der Waals surface area contributed by atoms with Gasteiger partial charge in [-0.25, -0.2) is 0 Å². The van der Waals surface area contributed by atoms with Gasteiger partial charge in [0.25, 0.3) is 0 Å². The van der Waals surface area contributed by atoms with Gasteiger partial charge in [-0.05, 0) is 43.4 Å². The van der Waals surface area contributed by atoms with E-state index in [9.17, 15) is 4.79 Å². The number of anilines is 1. The molecule has 0 spiro atoms. The van der Waals surface area contributed by atoms with Crippen molar-refractivity contribution in [1.29, 1.82) is 0 Å². The molecule has 5 nitrogen and oxygen atoms in total. The van der Waals surface area contributed by atoms with Gasteiger partial charge in [-0.15, -0.1) is 0 Å². The molecule has 1 amide bonds. The van der Waals surface area contributed by atoms with Gasteiger partial charge in [0.2, 0.25) is 5.91 Å². The van der Waals surface area contributed by atoms with Crippen molar-refractivity contribution in [2.75, 3.05) is 31.6 Å². The van der Waals surface area contributed by atoms with Crippen LogP contribution in [0.5, 0.6) is 0 Å². The average Bonchev–Trinajstić information content (AvgIpc) is 3.06. The number of aromatic nitrogens is 2. The minimum absolute atomic E-state index is 0.264. The van der Waals surface area contributed by atoms with Crippen LogP contribution in [0.2, 0.25) is 0 Å². The van der Waals surface area contributed by atoms with Crippen LogP contribution in [0.25, 0.3) is 0 Å². The van der Waals surface area contributed by atoms with Gasteiger partial charge in [-0.3, -0.25) is 9.89 Å². The van der Waals surface area contributed by atoms with Gasteiger partial charge in [0.15, 0.2) is 0 Å². The van der Waals surface area contributed by atoms with Crippen LogP contribution in [0.1, 0.15) is 36.4 Å². The van der Waals surface area contributed by atoms with E-state index >= 15 is 0 Å². The van der Waals surface area contributed by atoms with Crippen molar-refractivity contribution in [2.24, 2.45) is 0 Å². The Balaban J connectivity index is 1.46. The van der Waals surface area contributed by atoms with E-state index in [1.165, 1.54) is 5.56 Å². The first-order chi connectivity index (χ1) is 11.6. The Morgan fingerprint density at radius 2 is 2.00 bits per heavy atom. The van der Waals surface area contributed by atoms with Crippen molar-refractivity contribution in [3.05, 3.63) is 47.8 Å². The zero-order valence-corrected chi connectivity index (χ0v) is 14.5. The van der Waals surface area contributed by atoms with Crippen molar-refractivity contribution in [3.63, 3.8) is 0 Å². The van der Waals surface area contributed by atoms with Crippen LogP contribution in [0.4, 0.5) is 5.69 Å². The van der Waals surface area contributed by atoms with Crippen molar-refractivity contribution >= 4 is 11.6 Å². The molecule has 1 aromatic carbocycles. The van der Waals surface area contributed by atoms with E-state index in [2.05, 4.69) is 34.2 Å². The van der Waals surface area contributed by atoms with E-state index in [0.29, 0.717) is 12.3 Å². The number of nitrogens with zero attached hydrogens (tertiary/aromatic N) is 3. The Labute approximate surface area is 143 Å². The standard InChI is InChI=1S/C19H26N4O/c1-15-18(14-20-21-15)16-8-12-23(13-9-16)19(24)10-11-22(2)17-6-4-3-5-7-17/h3-7,14,16H,8-13H2,1-2H3,(H,20,21). The Morgan fingerprint density at radius 1 is 1.29 bits per heavy atom. The maximum atomic E-state index is 12.5. The fourth-order valence-electron chi connectivity index (χ4n) is 3.44. The molecule has 24 heavy (non-hydrogen) atoms. The number of piperidine rings is 1. The summed E-state index contributed by atoms with van der Waals surface area (Å²) in [6.45, 7) is 4.52. The van der Waals surface area contributed by atoms with E-state index in [0.717, 1.165) is 43.9 Å². The van der Waals surface area contributed by atoms with Crippen molar-refractivity contribution in [2.45, 2.75) is 32.1 Å². The summed E-state index contributed by atoms with van der Waals surface area (Å²) in [5.41, 5.74) is 3.62. The predicted octanol–water partition coefficient (Wildman–Crippen LogP) is 2.95. The molecule has 0 saturated carbocycles. The predicted molar refractivity (Wildman–Crippen MR) is 96.2 cm³/mol. The van der Waals surface area contributed by atoms with Crippen LogP contribution in [0, 0.1) is 6.92 Å². The van der Waals surface area contributed by atoms with E-state index < -0.39 is 0 Å². The number of H-pyrrole nitrogens is 1. The van der Waals surface area contributed by atoms with E-state index in [-0.39, 0.29) is 5.91 Å². The zero-order chi connectivity index (χ0) is 16.9.